The van der Waals surface area contributed by atoms with Crippen LogP contribution in [-0.4, -0.2) is 16.6 Å². The van der Waals surface area contributed by atoms with Gasteiger partial charge in [-0.05, 0) is 12.5 Å². The molecule has 3 N–H and O–H groups in total. The number of rotatable bonds is 6. The van der Waals surface area contributed by atoms with E-state index in [2.05, 4.69) is 0 Å². The van der Waals surface area contributed by atoms with Gasteiger partial charge in [0, 0.05) is 5.75 Å². The second-order valence-electron chi connectivity index (χ2n) is 3.10. The fraction of sp³-hybridized carbons (Fsp3) is 0.455. The molecule has 0 spiro atoms. The Hall–Kier alpha value is -0.750. The first kappa shape index (κ1) is 15.2. The summed E-state index contributed by atoms with van der Waals surface area (Å²) in [5.41, 5.74) is 1.01. The van der Waals surface area contributed by atoms with Crippen molar-refractivity contribution < 1.29 is 12.6 Å². The highest BCUT2D eigenvalue weighted by Crippen LogP contribution is 2.12. The molecule has 94 valence electrons. The number of hydrogen-bond donors (Lipinski definition) is 2. The summed E-state index contributed by atoms with van der Waals surface area (Å²) in [5, 5.41) is 0. The lowest BCUT2D eigenvalue weighted by atomic mass is 10.2. The van der Waals surface area contributed by atoms with Crippen molar-refractivity contribution in [2.24, 2.45) is 0 Å². The maximum atomic E-state index is 11.9. The van der Waals surface area contributed by atoms with E-state index in [4.69, 9.17) is 8.37 Å². The van der Waals surface area contributed by atoms with Crippen LogP contribution in [-0.2, 0) is 25.5 Å². The molecule has 1 rings (SSSR count). The zero-order chi connectivity index (χ0) is 11.1. The summed E-state index contributed by atoms with van der Waals surface area (Å²) in [6.07, 6.45) is 0. The summed E-state index contributed by atoms with van der Waals surface area (Å²) >= 11 is 0. The van der Waals surface area contributed by atoms with Gasteiger partial charge in [0.1, 0.15) is 0 Å². The summed E-state index contributed by atoms with van der Waals surface area (Å²) in [7, 11) is -2.87. The van der Waals surface area contributed by atoms with E-state index in [1.54, 1.807) is 6.92 Å². The van der Waals surface area contributed by atoms with E-state index < -0.39 is 10.5 Å². The van der Waals surface area contributed by atoms with E-state index in [1.165, 1.54) is 0 Å². The molecule has 0 saturated heterocycles. The van der Waals surface area contributed by atoms with Crippen molar-refractivity contribution in [2.75, 3.05) is 12.4 Å². The van der Waals surface area contributed by atoms with Crippen LogP contribution in [0.15, 0.2) is 30.3 Å². The third kappa shape index (κ3) is 4.85. The van der Waals surface area contributed by atoms with Crippen LogP contribution in [0.3, 0.4) is 0 Å². The first-order valence-electron chi connectivity index (χ1n) is 5.12. The molecule has 0 saturated carbocycles. The Morgan fingerprint density at radius 2 is 1.75 bits per heavy atom. The van der Waals surface area contributed by atoms with Gasteiger partial charge in [0.15, 0.2) is 0 Å². The average molecular weight is 247 g/mol. The summed E-state index contributed by atoms with van der Waals surface area (Å²) < 4.78 is 22.4. The van der Waals surface area contributed by atoms with E-state index in [0.29, 0.717) is 19.0 Å². The Balaban J connectivity index is 0.00000225. The predicted octanol–water partition coefficient (Wildman–Crippen LogP) is 2.27. The standard InChI is InChI=1S/C11H18O3S.H3N/c1-3-13-15(12,4-2)14-10-11-8-6-5-7-9-11;/h5-9,15H,3-4,10H2,1-2H3;1H3. The predicted molar refractivity (Wildman–Crippen MR) is 68.0 cm³/mol. The van der Waals surface area contributed by atoms with Crippen LogP contribution in [0.5, 0.6) is 0 Å². The third-order valence-corrected chi connectivity index (χ3v) is 3.93. The fourth-order valence-corrected chi connectivity index (χ4v) is 2.34. The van der Waals surface area contributed by atoms with Crippen molar-refractivity contribution in [3.05, 3.63) is 35.9 Å². The van der Waals surface area contributed by atoms with E-state index in [9.17, 15) is 4.21 Å². The fourth-order valence-electron chi connectivity index (χ4n) is 1.16. The quantitative estimate of drug-likeness (QED) is 0.756. The molecule has 16 heavy (non-hydrogen) atoms. The van der Waals surface area contributed by atoms with Gasteiger partial charge in [-0.2, -0.15) is 0 Å². The Bertz CT molecular complexity index is 329. The summed E-state index contributed by atoms with van der Waals surface area (Å²) in [4.78, 5) is 0. The third-order valence-electron chi connectivity index (χ3n) is 1.98. The first-order chi connectivity index (χ1) is 7.20. The van der Waals surface area contributed by atoms with E-state index >= 15 is 0 Å². The van der Waals surface area contributed by atoms with Crippen molar-refractivity contribution in [2.45, 2.75) is 20.5 Å². The summed E-state index contributed by atoms with van der Waals surface area (Å²) in [5.74, 6) is 0.410. The second kappa shape index (κ2) is 7.51. The highest BCUT2D eigenvalue weighted by molar-refractivity contribution is 7.94. The van der Waals surface area contributed by atoms with E-state index in [1.807, 2.05) is 37.3 Å². The van der Waals surface area contributed by atoms with Crippen LogP contribution in [0.1, 0.15) is 19.4 Å². The maximum absolute atomic E-state index is 11.9. The molecule has 0 heterocycles. The maximum Gasteiger partial charge on any atom is 0.0890 e. The van der Waals surface area contributed by atoms with Gasteiger partial charge in [0.05, 0.1) is 23.7 Å². The molecule has 1 aromatic carbocycles. The molecule has 0 fully saturated rings. The Morgan fingerprint density at radius 1 is 1.12 bits per heavy atom. The molecule has 4 nitrogen and oxygen atoms in total. The number of thiol groups is 1. The van der Waals surface area contributed by atoms with Crippen molar-refractivity contribution >= 4 is 10.5 Å². The van der Waals surface area contributed by atoms with Crippen LogP contribution in [0.25, 0.3) is 0 Å². The normalized spacial score (nSPS) is 11.9. The van der Waals surface area contributed by atoms with Gasteiger partial charge in [-0.1, -0.05) is 37.3 Å². The van der Waals surface area contributed by atoms with Crippen molar-refractivity contribution in [1.82, 2.24) is 6.15 Å². The zero-order valence-electron chi connectivity index (χ0n) is 9.89. The van der Waals surface area contributed by atoms with Crippen LogP contribution in [0.2, 0.25) is 0 Å². The summed E-state index contributed by atoms with van der Waals surface area (Å²) in [6, 6.07) is 9.66. The lowest BCUT2D eigenvalue weighted by Crippen LogP contribution is -2.22. The molecular formula is C11H21NO3S. The minimum absolute atomic E-state index is 0. The van der Waals surface area contributed by atoms with Crippen LogP contribution in [0, 0.1) is 0 Å². The highest BCUT2D eigenvalue weighted by atomic mass is 32.3. The number of hydrogen-bond acceptors (Lipinski definition) is 4. The van der Waals surface area contributed by atoms with E-state index in [0.717, 1.165) is 5.56 Å². The molecule has 0 aromatic heterocycles. The first-order valence-corrected chi connectivity index (χ1v) is 6.85. The van der Waals surface area contributed by atoms with Crippen LogP contribution >= 0.6 is 0 Å². The summed E-state index contributed by atoms with van der Waals surface area (Å²) in [6.45, 7) is 4.38. The van der Waals surface area contributed by atoms with Gasteiger partial charge in [0.2, 0.25) is 0 Å². The van der Waals surface area contributed by atoms with Gasteiger partial charge >= 0.3 is 0 Å². The van der Waals surface area contributed by atoms with Gasteiger partial charge in [-0.3, -0.25) is 8.37 Å². The van der Waals surface area contributed by atoms with E-state index in [-0.39, 0.29) is 6.15 Å². The van der Waals surface area contributed by atoms with Crippen molar-refractivity contribution in [3.63, 3.8) is 0 Å². The zero-order valence-corrected chi connectivity index (χ0v) is 10.8. The smallest absolute Gasteiger partial charge is 0.0890 e. The van der Waals surface area contributed by atoms with Gasteiger partial charge in [-0.25, -0.2) is 4.21 Å². The van der Waals surface area contributed by atoms with Gasteiger partial charge in [-0.15, -0.1) is 0 Å². The molecule has 0 unspecified atom stereocenters. The molecule has 0 radical (unpaired) electrons. The molecule has 5 heteroatoms. The molecule has 0 atom stereocenters. The lowest BCUT2D eigenvalue weighted by molar-refractivity contribution is 0.233. The molecule has 0 aliphatic carbocycles. The van der Waals surface area contributed by atoms with Crippen molar-refractivity contribution in [3.8, 4) is 0 Å². The molecule has 0 amide bonds. The topological polar surface area (TPSA) is 70.5 Å². The monoisotopic (exact) mass is 247 g/mol. The Morgan fingerprint density at radius 3 is 2.25 bits per heavy atom. The average Bonchev–Trinajstić information content (AvgIpc) is 2.28. The molecule has 0 aliphatic rings. The van der Waals surface area contributed by atoms with Crippen molar-refractivity contribution in [1.29, 1.82) is 0 Å². The van der Waals surface area contributed by atoms with Gasteiger partial charge in [0.25, 0.3) is 0 Å². The Kier molecular flexibility index (Phi) is 7.16. The number of benzene rings is 1. The largest absolute Gasteiger partial charge is 0.344 e. The molecule has 1 aromatic rings. The minimum Gasteiger partial charge on any atom is -0.344 e. The molecule has 0 bridgehead atoms. The Labute approximate surface area is 98.4 Å². The minimum atomic E-state index is -2.87. The molecule has 0 aliphatic heterocycles. The van der Waals surface area contributed by atoms with Gasteiger partial charge < -0.3 is 6.15 Å². The SMILES string of the molecule is CCO[SH](=O)(CC)OCc1ccccc1.N. The van der Waals surface area contributed by atoms with Crippen LogP contribution in [0.4, 0.5) is 0 Å². The second-order valence-corrected chi connectivity index (χ2v) is 5.47. The van der Waals surface area contributed by atoms with Crippen LogP contribution < -0.4 is 6.15 Å². The highest BCUT2D eigenvalue weighted by Gasteiger charge is 2.11. The lowest BCUT2D eigenvalue weighted by Gasteiger charge is -2.22. The molecular weight excluding hydrogens is 226 g/mol.